The van der Waals surface area contributed by atoms with Crippen LogP contribution in [0.3, 0.4) is 0 Å². The minimum Gasteiger partial charge on any atom is -0.502 e. The van der Waals surface area contributed by atoms with E-state index in [-0.39, 0.29) is 36.9 Å². The van der Waals surface area contributed by atoms with Crippen molar-refractivity contribution >= 4 is 35.2 Å². The fourth-order valence-electron chi connectivity index (χ4n) is 5.08. The molecule has 1 aliphatic heterocycles. The van der Waals surface area contributed by atoms with Gasteiger partial charge in [-0.25, -0.2) is 0 Å². The lowest BCUT2D eigenvalue weighted by molar-refractivity contribution is -0.385. The quantitative estimate of drug-likeness (QED) is 0.0699. The lowest BCUT2D eigenvalue weighted by Crippen LogP contribution is -2.56. The van der Waals surface area contributed by atoms with Crippen molar-refractivity contribution in [2.75, 3.05) is 13.1 Å². The molecular formula is C28H32N6O9. The minimum atomic E-state index is -1.35. The van der Waals surface area contributed by atoms with Gasteiger partial charge in [0.15, 0.2) is 18.0 Å². The molecule has 5 amide bonds. The van der Waals surface area contributed by atoms with Crippen LogP contribution in [0.1, 0.15) is 23.6 Å². The third-order valence-corrected chi connectivity index (χ3v) is 7.27. The second-order valence-corrected chi connectivity index (χ2v) is 10.4. The van der Waals surface area contributed by atoms with E-state index in [2.05, 4.69) is 21.3 Å². The number of phenolic OH excluding ortho intramolecular Hbond substituents is 1. The van der Waals surface area contributed by atoms with E-state index in [1.165, 1.54) is 13.0 Å². The first-order valence-corrected chi connectivity index (χ1v) is 13.5. The Hall–Kier alpha value is -5.05. The molecule has 0 radical (unpaired) electrons. The molecule has 4 atom stereocenters. The molecule has 1 fully saturated rings. The van der Waals surface area contributed by atoms with Crippen LogP contribution in [0.15, 0.2) is 42.5 Å². The number of nitro benzene ring substituents is 1. The van der Waals surface area contributed by atoms with Crippen molar-refractivity contribution in [1.82, 2.24) is 21.3 Å². The predicted molar refractivity (Wildman–Crippen MR) is 149 cm³/mol. The summed E-state index contributed by atoms with van der Waals surface area (Å²) in [6.07, 6.45) is -1.58. The maximum Gasteiger partial charge on any atom is 0.310 e. The van der Waals surface area contributed by atoms with E-state index in [4.69, 9.17) is 10.5 Å². The van der Waals surface area contributed by atoms with Crippen molar-refractivity contribution in [2.24, 2.45) is 11.7 Å². The fourth-order valence-corrected chi connectivity index (χ4v) is 5.08. The molecule has 1 heterocycles. The topological polar surface area (TPSA) is 235 Å². The van der Waals surface area contributed by atoms with Crippen LogP contribution in [0.2, 0.25) is 0 Å². The summed E-state index contributed by atoms with van der Waals surface area (Å²) in [6, 6.07) is 8.69. The summed E-state index contributed by atoms with van der Waals surface area (Å²) >= 11 is 0. The standard InChI is InChI=1S/C28H32N6O9/c1-14(35)30-8-9-31-27(39)23-24(43-23)28(40)32-19(10-15-6-7-21(36)20(11-15)34(41)42)26(38)33-22(25(29)37)18-12-16-4-2-3-5-17(16)13-18/h2-7,11,18-19,22-24,36H,8-10,12-13H2,1H3,(H2,29,37)(H,30,35)(H,31,39)(H,32,40)(H,33,38)/t19-,22-,23+,24+/m1/s1. The highest BCUT2D eigenvalue weighted by Crippen LogP contribution is 2.30. The third-order valence-electron chi connectivity index (χ3n) is 7.27. The highest BCUT2D eigenvalue weighted by Gasteiger charge is 2.51. The summed E-state index contributed by atoms with van der Waals surface area (Å²) < 4.78 is 5.21. The van der Waals surface area contributed by atoms with E-state index in [1.54, 1.807) is 0 Å². The Labute approximate surface area is 245 Å². The summed E-state index contributed by atoms with van der Waals surface area (Å²) in [5.41, 5.74) is 7.37. The van der Waals surface area contributed by atoms with E-state index in [9.17, 15) is 39.2 Å². The van der Waals surface area contributed by atoms with Crippen LogP contribution in [-0.2, 0) is 48.0 Å². The largest absolute Gasteiger partial charge is 0.502 e. The number of epoxide rings is 1. The van der Waals surface area contributed by atoms with E-state index in [0.717, 1.165) is 23.3 Å². The summed E-state index contributed by atoms with van der Waals surface area (Å²) in [5, 5.41) is 31.3. The molecule has 7 N–H and O–H groups in total. The van der Waals surface area contributed by atoms with Gasteiger partial charge in [0.25, 0.3) is 11.8 Å². The Balaban J connectivity index is 1.47. The first-order valence-electron chi connectivity index (χ1n) is 13.5. The van der Waals surface area contributed by atoms with Crippen LogP contribution < -0.4 is 27.0 Å². The van der Waals surface area contributed by atoms with Crippen LogP contribution >= 0.6 is 0 Å². The van der Waals surface area contributed by atoms with Gasteiger partial charge in [-0.3, -0.25) is 34.1 Å². The molecule has 43 heavy (non-hydrogen) atoms. The van der Waals surface area contributed by atoms with Crippen molar-refractivity contribution in [3.05, 3.63) is 69.3 Å². The molecule has 0 spiro atoms. The van der Waals surface area contributed by atoms with E-state index < -0.39 is 64.3 Å². The first-order chi connectivity index (χ1) is 20.4. The van der Waals surface area contributed by atoms with Crippen LogP contribution in [0, 0.1) is 16.0 Å². The number of hydrogen-bond donors (Lipinski definition) is 6. The van der Waals surface area contributed by atoms with Gasteiger partial charge in [0, 0.05) is 32.5 Å². The molecular weight excluding hydrogens is 564 g/mol. The van der Waals surface area contributed by atoms with Crippen molar-refractivity contribution in [1.29, 1.82) is 0 Å². The number of nitrogens with zero attached hydrogens (tertiary/aromatic N) is 1. The maximum atomic E-state index is 13.5. The number of carbonyl (C=O) groups is 5. The minimum absolute atomic E-state index is 0.108. The molecule has 0 bridgehead atoms. The van der Waals surface area contributed by atoms with Crippen LogP contribution in [0.5, 0.6) is 5.75 Å². The number of nitro groups is 1. The second kappa shape index (κ2) is 13.3. The zero-order valence-corrected chi connectivity index (χ0v) is 23.2. The Kier molecular flexibility index (Phi) is 9.55. The van der Waals surface area contributed by atoms with Crippen LogP contribution in [-0.4, -0.2) is 76.9 Å². The molecule has 0 aromatic heterocycles. The van der Waals surface area contributed by atoms with Gasteiger partial charge in [-0.1, -0.05) is 30.3 Å². The van der Waals surface area contributed by atoms with Gasteiger partial charge in [0.2, 0.25) is 17.7 Å². The van der Waals surface area contributed by atoms with E-state index >= 15 is 0 Å². The normalized spacial score (nSPS) is 18.4. The molecule has 15 heteroatoms. The number of nitrogens with two attached hydrogens (primary N) is 1. The molecule has 0 unspecified atom stereocenters. The average Bonchev–Trinajstić information content (AvgIpc) is 3.65. The van der Waals surface area contributed by atoms with Gasteiger partial charge >= 0.3 is 5.69 Å². The van der Waals surface area contributed by atoms with Crippen molar-refractivity contribution in [2.45, 2.75) is 50.5 Å². The average molecular weight is 597 g/mol. The summed E-state index contributed by atoms with van der Waals surface area (Å²) in [5.74, 6) is -4.10. The van der Waals surface area contributed by atoms with Gasteiger partial charge < -0.3 is 36.8 Å². The zero-order chi connectivity index (χ0) is 31.3. The number of nitrogens with one attached hydrogen (secondary N) is 4. The smallest absolute Gasteiger partial charge is 0.310 e. The molecule has 2 aromatic carbocycles. The molecule has 0 saturated carbocycles. The molecule has 228 valence electrons. The Morgan fingerprint density at radius 3 is 2.23 bits per heavy atom. The number of fused-ring (bicyclic) bond motifs is 1. The number of aromatic hydroxyl groups is 1. The Morgan fingerprint density at radius 1 is 1.00 bits per heavy atom. The molecule has 2 aliphatic rings. The maximum absolute atomic E-state index is 13.5. The van der Waals surface area contributed by atoms with E-state index in [1.807, 2.05) is 24.3 Å². The number of primary amides is 1. The van der Waals surface area contributed by atoms with Crippen molar-refractivity contribution in [3.63, 3.8) is 0 Å². The summed E-state index contributed by atoms with van der Waals surface area (Å²) in [4.78, 5) is 72.8. The monoisotopic (exact) mass is 596 g/mol. The summed E-state index contributed by atoms with van der Waals surface area (Å²) in [7, 11) is 0. The fraction of sp³-hybridized carbons (Fsp3) is 0.393. The van der Waals surface area contributed by atoms with Gasteiger partial charge in [0.05, 0.1) is 4.92 Å². The molecule has 1 aliphatic carbocycles. The van der Waals surface area contributed by atoms with Crippen molar-refractivity contribution < 1.29 is 38.7 Å². The van der Waals surface area contributed by atoms with Gasteiger partial charge in [-0.2, -0.15) is 0 Å². The van der Waals surface area contributed by atoms with Crippen LogP contribution in [0.25, 0.3) is 0 Å². The number of phenols is 1. The predicted octanol–water partition coefficient (Wildman–Crippen LogP) is -1.27. The van der Waals surface area contributed by atoms with Crippen LogP contribution in [0.4, 0.5) is 5.69 Å². The Bertz CT molecular complexity index is 1420. The number of hydrogen-bond acceptors (Lipinski definition) is 9. The number of amides is 5. The Morgan fingerprint density at radius 2 is 1.63 bits per heavy atom. The molecule has 4 rings (SSSR count). The lowest BCUT2D eigenvalue weighted by Gasteiger charge is -2.25. The lowest BCUT2D eigenvalue weighted by atomic mass is 9.95. The first kappa shape index (κ1) is 30.9. The molecule has 1 saturated heterocycles. The van der Waals surface area contributed by atoms with Gasteiger partial charge in [-0.05, 0) is 41.5 Å². The molecule has 2 aromatic rings. The van der Waals surface area contributed by atoms with E-state index in [0.29, 0.717) is 12.8 Å². The van der Waals surface area contributed by atoms with Crippen molar-refractivity contribution in [3.8, 4) is 5.75 Å². The number of rotatable bonds is 13. The highest BCUT2D eigenvalue weighted by atomic mass is 16.6. The molecule has 15 nitrogen and oxygen atoms in total. The second-order valence-electron chi connectivity index (χ2n) is 10.4. The number of carbonyl (C=O) groups excluding carboxylic acids is 5. The number of benzene rings is 2. The third kappa shape index (κ3) is 7.82. The number of ether oxygens (including phenoxy) is 1. The SMILES string of the molecule is CC(=O)NCCNC(=O)[C@H]1O[C@@H]1C(=O)N[C@H](Cc1ccc(O)c([N+](=O)[O-])c1)C(=O)N[C@@H](C(N)=O)C1Cc2ccccc2C1. The van der Waals surface area contributed by atoms with Gasteiger partial charge in [0.1, 0.15) is 12.1 Å². The zero-order valence-electron chi connectivity index (χ0n) is 23.2. The van der Waals surface area contributed by atoms with Gasteiger partial charge in [-0.15, -0.1) is 0 Å². The highest BCUT2D eigenvalue weighted by molar-refractivity contribution is 5.98. The summed E-state index contributed by atoms with van der Waals surface area (Å²) in [6.45, 7) is 1.61.